The van der Waals surface area contributed by atoms with Crippen LogP contribution in [0.4, 0.5) is 0 Å². The van der Waals surface area contributed by atoms with Crippen LogP contribution in [-0.2, 0) is 13.0 Å². The van der Waals surface area contributed by atoms with Crippen molar-refractivity contribution in [1.82, 2.24) is 15.1 Å². The third-order valence-corrected chi connectivity index (χ3v) is 4.54. The Morgan fingerprint density at radius 3 is 2.52 bits per heavy atom. The number of rotatable bonds is 8. The van der Waals surface area contributed by atoms with Crippen molar-refractivity contribution in [2.45, 2.75) is 53.1 Å². The van der Waals surface area contributed by atoms with E-state index in [1.807, 2.05) is 35.9 Å². The summed E-state index contributed by atoms with van der Waals surface area (Å²) in [5.74, 6) is 0.387. The number of aliphatic hydroxyl groups is 1. The Morgan fingerprint density at radius 2 is 1.96 bits per heavy atom. The van der Waals surface area contributed by atoms with Gasteiger partial charge < -0.3 is 10.4 Å². The molecule has 1 aromatic heterocycles. The van der Waals surface area contributed by atoms with Gasteiger partial charge in [0.25, 0.3) is 5.91 Å². The van der Waals surface area contributed by atoms with Crippen LogP contribution in [-0.4, -0.2) is 27.4 Å². The van der Waals surface area contributed by atoms with Crippen molar-refractivity contribution >= 4 is 5.91 Å². The Hall–Kier alpha value is -2.14. The lowest BCUT2D eigenvalue weighted by molar-refractivity contribution is 0.0915. The van der Waals surface area contributed by atoms with E-state index in [1.165, 1.54) is 5.56 Å². The zero-order chi connectivity index (χ0) is 18.4. The standard InChI is InChI=1S/C20H29N3O2/c1-5-16-6-8-17(9-7-16)19(13-24)22-20(25)18-12-21-23(15(18)4)11-10-14(2)3/h6-9,12,14,19,24H,5,10-11,13H2,1-4H3,(H,22,25). The maximum absolute atomic E-state index is 12.6. The fourth-order valence-corrected chi connectivity index (χ4v) is 2.73. The largest absolute Gasteiger partial charge is 0.394 e. The van der Waals surface area contributed by atoms with E-state index < -0.39 is 6.04 Å². The van der Waals surface area contributed by atoms with E-state index in [4.69, 9.17) is 0 Å². The van der Waals surface area contributed by atoms with Gasteiger partial charge in [0.2, 0.25) is 0 Å². The van der Waals surface area contributed by atoms with Gasteiger partial charge in [-0.2, -0.15) is 5.10 Å². The lowest BCUT2D eigenvalue weighted by Gasteiger charge is -2.17. The summed E-state index contributed by atoms with van der Waals surface area (Å²) in [4.78, 5) is 12.6. The van der Waals surface area contributed by atoms with Crippen LogP contribution in [0.2, 0.25) is 0 Å². The summed E-state index contributed by atoms with van der Waals surface area (Å²) in [5.41, 5.74) is 3.55. The minimum Gasteiger partial charge on any atom is -0.394 e. The number of aromatic nitrogens is 2. The first-order valence-electron chi connectivity index (χ1n) is 8.99. The molecule has 2 aromatic rings. The zero-order valence-corrected chi connectivity index (χ0v) is 15.6. The maximum atomic E-state index is 12.6. The summed E-state index contributed by atoms with van der Waals surface area (Å²) < 4.78 is 1.87. The number of carbonyl (C=O) groups excluding carboxylic acids is 1. The molecule has 5 nitrogen and oxygen atoms in total. The van der Waals surface area contributed by atoms with Gasteiger partial charge in [-0.25, -0.2) is 0 Å². The molecule has 0 aliphatic carbocycles. The molecule has 2 N–H and O–H groups in total. The number of aryl methyl sites for hydroxylation is 2. The van der Waals surface area contributed by atoms with Crippen molar-refractivity contribution in [1.29, 1.82) is 0 Å². The highest BCUT2D eigenvalue weighted by molar-refractivity contribution is 5.95. The van der Waals surface area contributed by atoms with E-state index in [0.717, 1.165) is 30.6 Å². The van der Waals surface area contributed by atoms with E-state index >= 15 is 0 Å². The Labute approximate surface area is 150 Å². The summed E-state index contributed by atoms with van der Waals surface area (Å²) in [7, 11) is 0. The Morgan fingerprint density at radius 1 is 1.28 bits per heavy atom. The lowest BCUT2D eigenvalue weighted by Crippen LogP contribution is -2.31. The van der Waals surface area contributed by atoms with Gasteiger partial charge in [-0.3, -0.25) is 9.48 Å². The Bertz CT molecular complexity index is 689. The summed E-state index contributed by atoms with van der Waals surface area (Å²) in [6, 6.07) is 7.55. The Balaban J connectivity index is 2.08. The van der Waals surface area contributed by atoms with E-state index in [9.17, 15) is 9.90 Å². The minimum atomic E-state index is -0.420. The van der Waals surface area contributed by atoms with Crippen molar-refractivity contribution in [3.8, 4) is 0 Å². The van der Waals surface area contributed by atoms with Crippen molar-refractivity contribution in [2.24, 2.45) is 5.92 Å². The third kappa shape index (κ3) is 4.92. The van der Waals surface area contributed by atoms with Crippen LogP contribution in [0.3, 0.4) is 0 Å². The van der Waals surface area contributed by atoms with Crippen LogP contribution in [0.15, 0.2) is 30.5 Å². The molecule has 1 aromatic carbocycles. The number of nitrogens with zero attached hydrogens (tertiary/aromatic N) is 2. The normalized spacial score (nSPS) is 12.4. The molecule has 1 atom stereocenters. The summed E-state index contributed by atoms with van der Waals surface area (Å²) in [6.45, 7) is 9.01. The summed E-state index contributed by atoms with van der Waals surface area (Å²) in [5, 5.41) is 16.9. The first-order valence-corrected chi connectivity index (χ1v) is 8.99. The molecule has 2 rings (SSSR count). The monoisotopic (exact) mass is 343 g/mol. The second-order valence-corrected chi connectivity index (χ2v) is 6.85. The predicted molar refractivity (Wildman–Crippen MR) is 99.5 cm³/mol. The molecule has 1 unspecified atom stereocenters. The molecule has 0 aliphatic rings. The van der Waals surface area contributed by atoms with Crippen molar-refractivity contribution in [3.05, 3.63) is 52.8 Å². The van der Waals surface area contributed by atoms with Gasteiger partial charge in [-0.05, 0) is 36.8 Å². The number of amides is 1. The number of hydrogen-bond donors (Lipinski definition) is 2. The fourth-order valence-electron chi connectivity index (χ4n) is 2.73. The zero-order valence-electron chi connectivity index (χ0n) is 15.6. The second-order valence-electron chi connectivity index (χ2n) is 6.85. The molecule has 0 saturated carbocycles. The first kappa shape index (κ1) is 19.2. The quantitative estimate of drug-likeness (QED) is 0.773. The number of benzene rings is 1. The number of carbonyl (C=O) groups is 1. The molecule has 1 amide bonds. The highest BCUT2D eigenvalue weighted by Crippen LogP contribution is 2.16. The average molecular weight is 343 g/mol. The van der Waals surface area contributed by atoms with Crippen LogP contribution in [0.25, 0.3) is 0 Å². The van der Waals surface area contributed by atoms with Crippen molar-refractivity contribution in [2.75, 3.05) is 6.61 Å². The van der Waals surface area contributed by atoms with Gasteiger partial charge in [-0.1, -0.05) is 45.0 Å². The molecule has 25 heavy (non-hydrogen) atoms. The molecule has 5 heteroatoms. The molecule has 136 valence electrons. The lowest BCUT2D eigenvalue weighted by atomic mass is 10.0. The van der Waals surface area contributed by atoms with Crippen LogP contribution in [0, 0.1) is 12.8 Å². The van der Waals surface area contributed by atoms with E-state index in [0.29, 0.717) is 11.5 Å². The average Bonchev–Trinajstić information content (AvgIpc) is 2.98. The third-order valence-electron chi connectivity index (χ3n) is 4.54. The van der Waals surface area contributed by atoms with Crippen LogP contribution < -0.4 is 5.32 Å². The molecule has 0 radical (unpaired) electrons. The maximum Gasteiger partial charge on any atom is 0.255 e. The number of nitrogens with one attached hydrogen (secondary N) is 1. The topological polar surface area (TPSA) is 67.2 Å². The van der Waals surface area contributed by atoms with Gasteiger partial charge in [0.05, 0.1) is 24.4 Å². The van der Waals surface area contributed by atoms with Gasteiger partial charge in [0.1, 0.15) is 0 Å². The molecule has 0 aliphatic heterocycles. The van der Waals surface area contributed by atoms with Gasteiger partial charge in [-0.15, -0.1) is 0 Å². The van der Waals surface area contributed by atoms with Gasteiger partial charge in [0, 0.05) is 12.2 Å². The van der Waals surface area contributed by atoms with Crippen LogP contribution in [0.1, 0.15) is 60.4 Å². The number of hydrogen-bond acceptors (Lipinski definition) is 3. The van der Waals surface area contributed by atoms with E-state index in [-0.39, 0.29) is 12.5 Å². The SMILES string of the molecule is CCc1ccc(C(CO)NC(=O)c2cnn(CCC(C)C)c2C)cc1. The molecule has 0 bridgehead atoms. The second kappa shape index (κ2) is 8.81. The summed E-state index contributed by atoms with van der Waals surface area (Å²) in [6.07, 6.45) is 3.59. The van der Waals surface area contributed by atoms with Gasteiger partial charge in [0.15, 0.2) is 0 Å². The smallest absolute Gasteiger partial charge is 0.255 e. The molecule has 0 saturated heterocycles. The number of aliphatic hydroxyl groups excluding tert-OH is 1. The van der Waals surface area contributed by atoms with Crippen LogP contribution >= 0.6 is 0 Å². The highest BCUT2D eigenvalue weighted by atomic mass is 16.3. The predicted octanol–water partition coefficient (Wildman–Crippen LogP) is 3.26. The summed E-state index contributed by atoms with van der Waals surface area (Å²) >= 11 is 0. The first-order chi connectivity index (χ1) is 12.0. The fraction of sp³-hybridized carbons (Fsp3) is 0.500. The molecule has 0 spiro atoms. The Kier molecular flexibility index (Phi) is 6.76. The van der Waals surface area contributed by atoms with E-state index in [1.54, 1.807) is 6.20 Å². The molecule has 1 heterocycles. The highest BCUT2D eigenvalue weighted by Gasteiger charge is 2.19. The van der Waals surface area contributed by atoms with Crippen molar-refractivity contribution in [3.63, 3.8) is 0 Å². The van der Waals surface area contributed by atoms with Crippen molar-refractivity contribution < 1.29 is 9.90 Å². The van der Waals surface area contributed by atoms with E-state index in [2.05, 4.69) is 31.2 Å². The minimum absolute atomic E-state index is 0.141. The van der Waals surface area contributed by atoms with Crippen LogP contribution in [0.5, 0.6) is 0 Å². The molecular formula is C20H29N3O2. The molecule has 0 fully saturated rings. The van der Waals surface area contributed by atoms with Gasteiger partial charge >= 0.3 is 0 Å². The molecular weight excluding hydrogens is 314 g/mol.